The van der Waals surface area contributed by atoms with Gasteiger partial charge in [-0.2, -0.15) is 10.2 Å². The van der Waals surface area contributed by atoms with Crippen molar-refractivity contribution < 1.29 is 9.53 Å². The Morgan fingerprint density at radius 3 is 2.83 bits per heavy atom. The number of amides is 1. The van der Waals surface area contributed by atoms with E-state index in [1.54, 1.807) is 27.0 Å². The summed E-state index contributed by atoms with van der Waals surface area (Å²) in [5, 5.41) is 10.7. The van der Waals surface area contributed by atoms with Crippen molar-refractivity contribution in [3.8, 4) is 0 Å². The van der Waals surface area contributed by atoms with Gasteiger partial charge in [-0.05, 0) is 26.3 Å². The van der Waals surface area contributed by atoms with Gasteiger partial charge in [-0.15, -0.1) is 11.6 Å². The number of aryl methyl sites for hydroxylation is 2. The van der Waals surface area contributed by atoms with Gasteiger partial charge in [0.1, 0.15) is 0 Å². The number of aromatic nitrogens is 2. The highest BCUT2D eigenvalue weighted by Crippen LogP contribution is 2.06. The Labute approximate surface area is 112 Å². The van der Waals surface area contributed by atoms with Gasteiger partial charge in [0.25, 0.3) is 5.91 Å². The molecule has 1 N–H and O–H groups in total. The maximum atomic E-state index is 12.1. The minimum absolute atomic E-state index is 0.0899. The lowest BCUT2D eigenvalue weighted by molar-refractivity contribution is 0.0893. The van der Waals surface area contributed by atoms with E-state index in [9.17, 15) is 4.79 Å². The molecule has 1 aromatic heterocycles. The Hall–Kier alpha value is -1.20. The molecule has 0 bridgehead atoms. The van der Waals surface area contributed by atoms with E-state index in [0.29, 0.717) is 35.9 Å². The zero-order chi connectivity index (χ0) is 13.5. The lowest BCUT2D eigenvalue weighted by atomic mass is 10.1. The fraction of sp³-hybridized carbons (Fsp3) is 0.583. The molecule has 1 aromatic rings. The zero-order valence-corrected chi connectivity index (χ0v) is 11.6. The van der Waals surface area contributed by atoms with E-state index >= 15 is 0 Å². The van der Waals surface area contributed by atoms with E-state index in [-0.39, 0.29) is 11.9 Å². The Morgan fingerprint density at radius 1 is 1.50 bits per heavy atom. The van der Waals surface area contributed by atoms with Gasteiger partial charge in [0.05, 0.1) is 29.6 Å². The smallest absolute Gasteiger partial charge is 0.253 e. The number of carbonyl (C=O) groups is 1. The first kappa shape index (κ1) is 14.9. The Kier molecular flexibility index (Phi) is 6.01. The normalized spacial score (nSPS) is 12.2. The number of nitrogens with zero attached hydrogens (tertiary/aromatic N) is 2. The van der Waals surface area contributed by atoms with Crippen LogP contribution in [0.4, 0.5) is 0 Å². The summed E-state index contributed by atoms with van der Waals surface area (Å²) >= 11 is 5.69. The summed E-state index contributed by atoms with van der Waals surface area (Å²) in [6.45, 7) is 4.00. The largest absolute Gasteiger partial charge is 0.383 e. The lowest BCUT2D eigenvalue weighted by Gasteiger charge is -2.17. The predicted octanol–water partition coefficient (Wildman–Crippen LogP) is 1.47. The molecule has 100 valence electrons. The van der Waals surface area contributed by atoms with E-state index < -0.39 is 0 Å². The molecule has 5 nitrogen and oxygen atoms in total. The second kappa shape index (κ2) is 7.28. The average Bonchev–Trinajstić information content (AvgIpc) is 2.33. The van der Waals surface area contributed by atoms with Gasteiger partial charge in [0.2, 0.25) is 0 Å². The van der Waals surface area contributed by atoms with Crippen molar-refractivity contribution in [2.45, 2.75) is 26.3 Å². The number of hydrogen-bond donors (Lipinski definition) is 1. The molecule has 0 radical (unpaired) electrons. The molecule has 1 amide bonds. The van der Waals surface area contributed by atoms with Gasteiger partial charge in [-0.1, -0.05) is 0 Å². The summed E-state index contributed by atoms with van der Waals surface area (Å²) in [7, 11) is 1.59. The molecule has 0 aliphatic carbocycles. The summed E-state index contributed by atoms with van der Waals surface area (Å²) in [5.41, 5.74) is 1.87. The van der Waals surface area contributed by atoms with Crippen LogP contribution in [0.2, 0.25) is 0 Å². The number of nitrogens with one attached hydrogen (secondary N) is 1. The zero-order valence-electron chi connectivity index (χ0n) is 10.9. The van der Waals surface area contributed by atoms with Gasteiger partial charge in [-0.3, -0.25) is 4.79 Å². The van der Waals surface area contributed by atoms with Crippen LogP contribution in [0.15, 0.2) is 6.07 Å². The van der Waals surface area contributed by atoms with E-state index in [0.717, 1.165) is 0 Å². The Balaban J connectivity index is 2.76. The van der Waals surface area contributed by atoms with E-state index in [2.05, 4.69) is 15.5 Å². The van der Waals surface area contributed by atoms with Crippen molar-refractivity contribution in [2.75, 3.05) is 19.6 Å². The molecular weight excluding hydrogens is 254 g/mol. The van der Waals surface area contributed by atoms with E-state index in [1.807, 2.05) is 0 Å². The lowest BCUT2D eigenvalue weighted by Crippen LogP contribution is -2.38. The molecule has 1 heterocycles. The third-order valence-electron chi connectivity index (χ3n) is 2.51. The number of ether oxygens (including phenoxy) is 1. The van der Waals surface area contributed by atoms with E-state index in [1.165, 1.54) is 0 Å². The van der Waals surface area contributed by atoms with Crippen LogP contribution in [-0.4, -0.2) is 41.7 Å². The highest BCUT2D eigenvalue weighted by molar-refractivity contribution is 6.17. The van der Waals surface area contributed by atoms with Gasteiger partial charge in [0, 0.05) is 13.0 Å². The van der Waals surface area contributed by atoms with Crippen molar-refractivity contribution in [2.24, 2.45) is 0 Å². The first-order valence-electron chi connectivity index (χ1n) is 5.75. The number of alkyl halides is 1. The third-order valence-corrected chi connectivity index (χ3v) is 2.72. The Morgan fingerprint density at radius 2 is 2.22 bits per heavy atom. The molecule has 1 rings (SSSR count). The monoisotopic (exact) mass is 271 g/mol. The number of halogens is 1. The Bertz CT molecular complexity index is 406. The molecule has 0 aliphatic rings. The summed E-state index contributed by atoms with van der Waals surface area (Å²) in [6, 6.07) is 1.63. The quantitative estimate of drug-likeness (QED) is 0.796. The summed E-state index contributed by atoms with van der Waals surface area (Å²) in [4.78, 5) is 12.1. The first-order valence-corrected chi connectivity index (χ1v) is 6.28. The van der Waals surface area contributed by atoms with Gasteiger partial charge < -0.3 is 10.1 Å². The van der Waals surface area contributed by atoms with E-state index in [4.69, 9.17) is 16.3 Å². The highest BCUT2D eigenvalue weighted by Gasteiger charge is 2.16. The average molecular weight is 272 g/mol. The molecule has 1 unspecified atom stereocenters. The van der Waals surface area contributed by atoms with Gasteiger partial charge >= 0.3 is 0 Å². The van der Waals surface area contributed by atoms with Crippen molar-refractivity contribution in [3.05, 3.63) is 23.0 Å². The minimum Gasteiger partial charge on any atom is -0.383 e. The molecular formula is C12H18ClN3O2. The molecule has 0 spiro atoms. The number of hydrogen-bond acceptors (Lipinski definition) is 4. The van der Waals surface area contributed by atoms with Crippen LogP contribution < -0.4 is 5.32 Å². The second-order valence-electron chi connectivity index (χ2n) is 4.09. The SMILES string of the molecule is COCC(CCCl)NC(=O)c1cc(C)nnc1C. The molecule has 1 atom stereocenters. The summed E-state index contributed by atoms with van der Waals surface area (Å²) < 4.78 is 5.05. The van der Waals surface area contributed by atoms with Crippen LogP contribution in [0.25, 0.3) is 0 Å². The molecule has 0 saturated carbocycles. The second-order valence-corrected chi connectivity index (χ2v) is 4.47. The maximum absolute atomic E-state index is 12.1. The van der Waals surface area contributed by atoms with Crippen molar-refractivity contribution >= 4 is 17.5 Å². The summed E-state index contributed by atoms with van der Waals surface area (Å²) in [5.74, 6) is 0.304. The molecule has 0 fully saturated rings. The topological polar surface area (TPSA) is 64.1 Å². The number of carbonyl (C=O) groups excluding carboxylic acids is 1. The van der Waals surface area contributed by atoms with Crippen molar-refractivity contribution in [1.82, 2.24) is 15.5 Å². The highest BCUT2D eigenvalue weighted by atomic mass is 35.5. The molecule has 0 saturated heterocycles. The fourth-order valence-electron chi connectivity index (χ4n) is 1.57. The molecule has 0 aliphatic heterocycles. The van der Waals surface area contributed by atoms with Crippen molar-refractivity contribution in [3.63, 3.8) is 0 Å². The van der Waals surface area contributed by atoms with Crippen molar-refractivity contribution in [1.29, 1.82) is 0 Å². The molecule has 18 heavy (non-hydrogen) atoms. The number of methoxy groups -OCH3 is 1. The summed E-state index contributed by atoms with van der Waals surface area (Å²) in [6.07, 6.45) is 0.664. The number of rotatable bonds is 6. The van der Waals surface area contributed by atoms with Crippen LogP contribution >= 0.6 is 11.6 Å². The first-order chi connectivity index (χ1) is 8.58. The molecule has 0 aromatic carbocycles. The third kappa shape index (κ3) is 4.23. The van der Waals surface area contributed by atoms with Gasteiger partial charge in [-0.25, -0.2) is 0 Å². The van der Waals surface area contributed by atoms with Gasteiger partial charge in [0.15, 0.2) is 0 Å². The van der Waals surface area contributed by atoms with Crippen LogP contribution in [-0.2, 0) is 4.74 Å². The predicted molar refractivity (Wildman–Crippen MR) is 70.0 cm³/mol. The van der Waals surface area contributed by atoms with Crippen LogP contribution in [0.1, 0.15) is 28.2 Å². The van der Waals surface area contributed by atoms with Crippen LogP contribution in [0.3, 0.4) is 0 Å². The van der Waals surface area contributed by atoms with Crippen LogP contribution in [0.5, 0.6) is 0 Å². The van der Waals surface area contributed by atoms with Crippen LogP contribution in [0, 0.1) is 13.8 Å². The maximum Gasteiger partial charge on any atom is 0.253 e. The fourth-order valence-corrected chi connectivity index (χ4v) is 1.84. The molecule has 6 heteroatoms. The standard InChI is InChI=1S/C12H18ClN3O2/c1-8-6-11(9(2)16-15-8)12(17)14-10(4-5-13)7-18-3/h6,10H,4-5,7H2,1-3H3,(H,14,17). The minimum atomic E-state index is -0.169.